The summed E-state index contributed by atoms with van der Waals surface area (Å²) in [5.74, 6) is 0.731. The Morgan fingerprint density at radius 1 is 1.43 bits per heavy atom. The second-order valence-electron chi connectivity index (χ2n) is 6.97. The van der Waals surface area contributed by atoms with E-state index in [0.717, 1.165) is 31.6 Å². The van der Waals surface area contributed by atoms with Crippen LogP contribution in [0.2, 0.25) is 0 Å². The number of aromatic nitrogens is 1. The van der Waals surface area contributed by atoms with Crippen molar-refractivity contribution in [3.8, 4) is 0 Å². The molecular formula is C16H26N4O. The average Bonchev–Trinajstić information content (AvgIpc) is 2.38. The van der Waals surface area contributed by atoms with Crippen molar-refractivity contribution in [3.63, 3.8) is 0 Å². The summed E-state index contributed by atoms with van der Waals surface area (Å²) < 4.78 is 0. The number of nitrogens with zero attached hydrogens (tertiary/aromatic N) is 2. The lowest BCUT2D eigenvalue weighted by atomic mass is 9.91. The van der Waals surface area contributed by atoms with Crippen molar-refractivity contribution in [1.82, 2.24) is 10.3 Å². The van der Waals surface area contributed by atoms with E-state index >= 15 is 0 Å². The second kappa shape index (κ2) is 6.33. The molecule has 0 saturated carbocycles. The number of amides is 1. The normalized spacial score (nSPS) is 16.8. The molecule has 1 aliphatic rings. The molecule has 5 heteroatoms. The third-order valence-electron chi connectivity index (χ3n) is 3.71. The van der Waals surface area contributed by atoms with Gasteiger partial charge in [-0.1, -0.05) is 20.8 Å². The minimum absolute atomic E-state index is 0.0367. The van der Waals surface area contributed by atoms with Gasteiger partial charge < -0.3 is 16.0 Å². The molecule has 1 fully saturated rings. The van der Waals surface area contributed by atoms with Crippen molar-refractivity contribution >= 4 is 17.4 Å². The Labute approximate surface area is 126 Å². The fourth-order valence-electron chi connectivity index (χ4n) is 2.70. The highest BCUT2D eigenvalue weighted by atomic mass is 16.1. The van der Waals surface area contributed by atoms with Crippen LogP contribution in [0, 0.1) is 5.41 Å². The lowest BCUT2D eigenvalue weighted by Crippen LogP contribution is -2.45. The first-order chi connectivity index (χ1) is 9.85. The molecule has 0 bridgehead atoms. The maximum Gasteiger partial charge on any atom is 0.220 e. The van der Waals surface area contributed by atoms with E-state index < -0.39 is 0 Å². The van der Waals surface area contributed by atoms with Crippen LogP contribution < -0.4 is 16.0 Å². The van der Waals surface area contributed by atoms with Crippen molar-refractivity contribution < 1.29 is 4.79 Å². The van der Waals surface area contributed by atoms with Crippen molar-refractivity contribution in [1.29, 1.82) is 0 Å². The first-order valence-corrected chi connectivity index (χ1v) is 7.60. The van der Waals surface area contributed by atoms with Gasteiger partial charge in [0.15, 0.2) is 0 Å². The number of anilines is 2. The van der Waals surface area contributed by atoms with E-state index in [1.54, 1.807) is 6.20 Å². The molecule has 1 aromatic rings. The van der Waals surface area contributed by atoms with E-state index in [1.807, 2.05) is 12.1 Å². The van der Waals surface area contributed by atoms with Crippen LogP contribution >= 0.6 is 0 Å². The van der Waals surface area contributed by atoms with E-state index in [1.165, 1.54) is 0 Å². The Kier molecular flexibility index (Phi) is 4.70. The summed E-state index contributed by atoms with van der Waals surface area (Å²) in [4.78, 5) is 18.4. The van der Waals surface area contributed by atoms with Crippen LogP contribution in [0.4, 0.5) is 11.5 Å². The van der Waals surface area contributed by atoms with Crippen molar-refractivity contribution in [2.24, 2.45) is 5.41 Å². The molecule has 0 spiro atoms. The largest absolute Gasteiger partial charge is 0.382 e. The van der Waals surface area contributed by atoms with E-state index in [-0.39, 0.29) is 17.4 Å². The Morgan fingerprint density at radius 2 is 2.10 bits per heavy atom. The van der Waals surface area contributed by atoms with Crippen molar-refractivity contribution in [2.75, 3.05) is 23.7 Å². The van der Waals surface area contributed by atoms with E-state index in [4.69, 9.17) is 5.73 Å². The van der Waals surface area contributed by atoms with Gasteiger partial charge >= 0.3 is 0 Å². The summed E-state index contributed by atoms with van der Waals surface area (Å²) in [5, 5.41) is 3.15. The maximum atomic E-state index is 12.0. The second-order valence-corrected chi connectivity index (χ2v) is 6.97. The smallest absolute Gasteiger partial charge is 0.220 e. The molecule has 2 heterocycles. The number of carbonyl (C=O) groups excluding carboxylic acids is 1. The zero-order valence-electron chi connectivity index (χ0n) is 13.2. The summed E-state index contributed by atoms with van der Waals surface area (Å²) in [7, 11) is 0. The van der Waals surface area contributed by atoms with Gasteiger partial charge in [0.2, 0.25) is 5.91 Å². The Bertz CT molecular complexity index is 487. The van der Waals surface area contributed by atoms with Crippen LogP contribution in [0.25, 0.3) is 0 Å². The molecule has 1 aliphatic heterocycles. The monoisotopic (exact) mass is 290 g/mol. The molecule has 21 heavy (non-hydrogen) atoms. The van der Waals surface area contributed by atoms with Crippen LogP contribution in [-0.4, -0.2) is 30.0 Å². The standard InChI is InChI=1S/C16H26N4O/c1-16(2,3)11-14(21)19-12-6-9-20(10-7-12)13-5-4-8-18-15(13)17/h4-5,8,12H,6-7,9-11H2,1-3H3,(H2,17,18)(H,19,21). The molecular weight excluding hydrogens is 264 g/mol. The topological polar surface area (TPSA) is 71.2 Å². The first kappa shape index (κ1) is 15.6. The number of carbonyl (C=O) groups is 1. The van der Waals surface area contributed by atoms with Gasteiger partial charge in [0.05, 0.1) is 5.69 Å². The molecule has 0 unspecified atom stereocenters. The molecule has 0 radical (unpaired) electrons. The van der Waals surface area contributed by atoms with Crippen LogP contribution in [-0.2, 0) is 4.79 Å². The zero-order chi connectivity index (χ0) is 15.5. The Morgan fingerprint density at radius 3 is 2.67 bits per heavy atom. The molecule has 116 valence electrons. The van der Waals surface area contributed by atoms with E-state index in [9.17, 15) is 4.79 Å². The molecule has 0 aliphatic carbocycles. The van der Waals surface area contributed by atoms with Crippen LogP contribution in [0.5, 0.6) is 0 Å². The van der Waals surface area contributed by atoms with E-state index in [2.05, 4.69) is 36.0 Å². The van der Waals surface area contributed by atoms with Crippen LogP contribution in [0.3, 0.4) is 0 Å². The molecule has 1 saturated heterocycles. The number of nitrogen functional groups attached to an aromatic ring is 1. The van der Waals surface area contributed by atoms with Gasteiger partial charge in [-0.25, -0.2) is 4.98 Å². The summed E-state index contributed by atoms with van der Waals surface area (Å²) in [6.07, 6.45) is 4.18. The van der Waals surface area contributed by atoms with Gasteiger partial charge in [0, 0.05) is 31.7 Å². The van der Waals surface area contributed by atoms with Crippen molar-refractivity contribution in [3.05, 3.63) is 18.3 Å². The first-order valence-electron chi connectivity index (χ1n) is 7.60. The molecule has 1 amide bonds. The average molecular weight is 290 g/mol. The molecule has 0 atom stereocenters. The maximum absolute atomic E-state index is 12.0. The number of hydrogen-bond donors (Lipinski definition) is 2. The number of rotatable bonds is 3. The number of nitrogens with two attached hydrogens (primary N) is 1. The van der Waals surface area contributed by atoms with Gasteiger partial charge in [-0.3, -0.25) is 4.79 Å². The fourth-order valence-corrected chi connectivity index (χ4v) is 2.70. The van der Waals surface area contributed by atoms with Crippen LogP contribution in [0.15, 0.2) is 18.3 Å². The quantitative estimate of drug-likeness (QED) is 0.895. The SMILES string of the molecule is CC(C)(C)CC(=O)NC1CCN(c2cccnc2N)CC1. The van der Waals surface area contributed by atoms with Gasteiger partial charge in [-0.15, -0.1) is 0 Å². The van der Waals surface area contributed by atoms with Crippen molar-refractivity contribution in [2.45, 2.75) is 46.1 Å². The third-order valence-corrected chi connectivity index (χ3v) is 3.71. The Balaban J connectivity index is 1.84. The van der Waals surface area contributed by atoms with Crippen LogP contribution in [0.1, 0.15) is 40.0 Å². The number of piperidine rings is 1. The molecule has 1 aromatic heterocycles. The third kappa shape index (κ3) is 4.62. The van der Waals surface area contributed by atoms with E-state index in [0.29, 0.717) is 12.2 Å². The predicted octanol–water partition coefficient (Wildman–Crippen LogP) is 2.18. The van der Waals surface area contributed by atoms with Gasteiger partial charge in [-0.05, 0) is 30.4 Å². The highest BCUT2D eigenvalue weighted by Gasteiger charge is 2.23. The summed E-state index contributed by atoms with van der Waals surface area (Å²) in [6.45, 7) is 8.05. The lowest BCUT2D eigenvalue weighted by molar-refractivity contribution is -0.123. The zero-order valence-corrected chi connectivity index (χ0v) is 13.2. The minimum Gasteiger partial charge on any atom is -0.382 e. The van der Waals surface area contributed by atoms with Gasteiger partial charge in [0.25, 0.3) is 0 Å². The minimum atomic E-state index is 0.0367. The highest BCUT2D eigenvalue weighted by molar-refractivity contribution is 5.77. The van der Waals surface area contributed by atoms with Gasteiger partial charge in [-0.2, -0.15) is 0 Å². The van der Waals surface area contributed by atoms with Gasteiger partial charge in [0.1, 0.15) is 5.82 Å². The summed E-state index contributed by atoms with van der Waals surface area (Å²) >= 11 is 0. The lowest BCUT2D eigenvalue weighted by Gasteiger charge is -2.34. The predicted molar refractivity (Wildman–Crippen MR) is 86.1 cm³/mol. The molecule has 3 N–H and O–H groups in total. The summed E-state index contributed by atoms with van der Waals surface area (Å²) in [5.41, 5.74) is 6.95. The number of hydrogen-bond acceptors (Lipinski definition) is 4. The fraction of sp³-hybridized carbons (Fsp3) is 0.625. The summed E-state index contributed by atoms with van der Waals surface area (Å²) in [6, 6.07) is 4.18. The molecule has 0 aromatic carbocycles. The number of nitrogens with one attached hydrogen (secondary N) is 1. The highest BCUT2D eigenvalue weighted by Crippen LogP contribution is 2.24. The Hall–Kier alpha value is -1.78. The molecule has 5 nitrogen and oxygen atoms in total. The number of pyridine rings is 1. The molecule has 2 rings (SSSR count).